The smallest absolute Gasteiger partial charge is 0.381 e. The fourth-order valence-electron chi connectivity index (χ4n) is 1.20. The number of phosphoric ester groups is 1. The molecule has 0 radical (unpaired) electrons. The predicted molar refractivity (Wildman–Crippen MR) is 60.6 cm³/mol. The first kappa shape index (κ1) is 16.9. The molecular formula is C8H22N2O6P+. The summed E-state index contributed by atoms with van der Waals surface area (Å²) in [6.45, 7) is 0.355. The van der Waals surface area contributed by atoms with Gasteiger partial charge < -0.3 is 19.6 Å². The van der Waals surface area contributed by atoms with E-state index in [9.17, 15) is 4.57 Å². The molecule has 0 saturated carbocycles. The first-order valence-electron chi connectivity index (χ1n) is 5.05. The minimum atomic E-state index is -3.93. The van der Waals surface area contributed by atoms with Crippen molar-refractivity contribution >= 4 is 7.82 Å². The summed E-state index contributed by atoms with van der Waals surface area (Å²) in [4.78, 5) is 10.4. The first-order chi connectivity index (χ1) is 7.76. The van der Waals surface area contributed by atoms with E-state index in [2.05, 4.69) is 4.52 Å². The molecule has 0 aromatic heterocycles. The van der Waals surface area contributed by atoms with E-state index in [0.717, 1.165) is 7.11 Å². The van der Waals surface area contributed by atoms with E-state index in [0.29, 0.717) is 17.7 Å². The molecule has 1 atom stereocenters. The number of quaternary nitrogens is 1. The number of likely N-dealkylation sites (N-methyl/N-ethyl adjacent to an activating group) is 1. The molecule has 0 bridgehead atoms. The molecule has 3 N–H and O–H groups in total. The van der Waals surface area contributed by atoms with Crippen LogP contribution in [0.4, 0.5) is 0 Å². The lowest BCUT2D eigenvalue weighted by Crippen LogP contribution is -2.50. The zero-order chi connectivity index (χ0) is 13.5. The second-order valence-corrected chi connectivity index (χ2v) is 5.80. The summed E-state index contributed by atoms with van der Waals surface area (Å²) < 4.78 is 20.4. The number of hydrogen-bond acceptors (Lipinski definition) is 6. The fraction of sp³-hybridized carbons (Fsp3) is 1.00. The Bertz CT molecular complexity index is 258. The fourth-order valence-corrected chi connectivity index (χ4v) is 1.62. The topological polar surface area (TPSA) is 99.5 Å². The quantitative estimate of drug-likeness (QED) is 0.281. The normalized spacial score (nSPS) is 16.2. The van der Waals surface area contributed by atoms with Crippen molar-refractivity contribution in [3.8, 4) is 0 Å². The average Bonchev–Trinajstić information content (AvgIpc) is 2.25. The molecule has 0 aliphatic carbocycles. The van der Waals surface area contributed by atoms with Gasteiger partial charge in [-0.2, -0.15) is 0 Å². The maximum Gasteiger partial charge on any atom is 0.472 e. The van der Waals surface area contributed by atoms with Gasteiger partial charge in [0.15, 0.2) is 0 Å². The van der Waals surface area contributed by atoms with E-state index < -0.39 is 7.82 Å². The van der Waals surface area contributed by atoms with Crippen LogP contribution in [-0.4, -0.2) is 79.0 Å². The van der Waals surface area contributed by atoms with Crippen LogP contribution in [0.2, 0.25) is 0 Å². The number of hydrogen-bond donors (Lipinski definition) is 3. The van der Waals surface area contributed by atoms with Crippen LogP contribution in [0, 0.1) is 0 Å². The van der Waals surface area contributed by atoms with Crippen LogP contribution in [0.3, 0.4) is 0 Å². The molecule has 0 aromatic rings. The largest absolute Gasteiger partial charge is 0.472 e. The Morgan fingerprint density at radius 1 is 1.29 bits per heavy atom. The number of phosphoric acid groups is 1. The van der Waals surface area contributed by atoms with Gasteiger partial charge in [0.1, 0.15) is 33.3 Å². The van der Waals surface area contributed by atoms with Crippen molar-refractivity contribution in [1.82, 2.24) is 4.90 Å². The highest BCUT2D eigenvalue weighted by atomic mass is 31.2. The van der Waals surface area contributed by atoms with E-state index in [1.165, 1.54) is 4.90 Å². The molecule has 0 rings (SSSR count). The highest BCUT2D eigenvalue weighted by Crippen LogP contribution is 2.41. The standard InChI is InChI=1S/C8H21N2O6P/c1-10(2,6-9(7-11)8-12)4-5-16-17(13,14)15-3/h11-12H,4-8H2,1-3H3/p+1. The van der Waals surface area contributed by atoms with Gasteiger partial charge in [-0.1, -0.05) is 0 Å². The minimum Gasteiger partial charge on any atom is -0.381 e. The highest BCUT2D eigenvalue weighted by molar-refractivity contribution is 7.47. The van der Waals surface area contributed by atoms with E-state index in [4.69, 9.17) is 19.6 Å². The second-order valence-electron chi connectivity index (χ2n) is 4.24. The van der Waals surface area contributed by atoms with Crippen molar-refractivity contribution in [3.05, 3.63) is 0 Å². The van der Waals surface area contributed by atoms with Gasteiger partial charge in [-0.3, -0.25) is 9.05 Å². The Morgan fingerprint density at radius 2 is 1.82 bits per heavy atom. The SMILES string of the molecule is COP(=O)(O)OCC[N+](C)(C)CN(CO)CO. The molecule has 0 amide bonds. The first-order valence-corrected chi connectivity index (χ1v) is 6.55. The number of aliphatic hydroxyl groups excluding tert-OH is 2. The Labute approximate surface area is 101 Å². The third kappa shape index (κ3) is 7.80. The zero-order valence-electron chi connectivity index (χ0n) is 10.4. The number of rotatable bonds is 9. The minimum absolute atomic E-state index is 0.0410. The second kappa shape index (κ2) is 7.40. The maximum absolute atomic E-state index is 11.0. The lowest BCUT2D eigenvalue weighted by Gasteiger charge is -2.33. The third-order valence-electron chi connectivity index (χ3n) is 2.16. The Morgan fingerprint density at radius 3 is 2.24 bits per heavy atom. The van der Waals surface area contributed by atoms with Crippen molar-refractivity contribution < 1.29 is 33.2 Å². The predicted octanol–water partition coefficient (Wildman–Crippen LogP) is -1.01. The van der Waals surface area contributed by atoms with E-state index in [1.54, 1.807) is 0 Å². The number of nitrogens with zero attached hydrogens (tertiary/aromatic N) is 2. The lowest BCUT2D eigenvalue weighted by atomic mass is 10.5. The van der Waals surface area contributed by atoms with Gasteiger partial charge in [0.05, 0.1) is 14.1 Å². The van der Waals surface area contributed by atoms with E-state index in [1.807, 2.05) is 14.1 Å². The van der Waals surface area contributed by atoms with Gasteiger partial charge in [0.2, 0.25) is 0 Å². The van der Waals surface area contributed by atoms with Crippen LogP contribution < -0.4 is 0 Å². The Hall–Kier alpha value is -0.0500. The molecule has 9 heteroatoms. The van der Waals surface area contributed by atoms with Gasteiger partial charge in [0.25, 0.3) is 0 Å². The molecule has 8 nitrogen and oxygen atoms in total. The van der Waals surface area contributed by atoms with Crippen LogP contribution >= 0.6 is 7.82 Å². The lowest BCUT2D eigenvalue weighted by molar-refractivity contribution is -0.901. The van der Waals surface area contributed by atoms with Gasteiger partial charge in [0, 0.05) is 7.11 Å². The van der Waals surface area contributed by atoms with Crippen LogP contribution in [-0.2, 0) is 13.6 Å². The van der Waals surface area contributed by atoms with E-state index in [-0.39, 0.29) is 20.1 Å². The van der Waals surface area contributed by atoms with Crippen molar-refractivity contribution in [2.24, 2.45) is 0 Å². The molecule has 0 aliphatic rings. The number of aliphatic hydroxyl groups is 2. The Balaban J connectivity index is 4.05. The van der Waals surface area contributed by atoms with Crippen molar-refractivity contribution in [1.29, 1.82) is 0 Å². The summed E-state index contributed by atoms with van der Waals surface area (Å²) in [5.41, 5.74) is 0. The van der Waals surface area contributed by atoms with Gasteiger partial charge in [-0.25, -0.2) is 9.46 Å². The van der Waals surface area contributed by atoms with Gasteiger partial charge in [-0.15, -0.1) is 0 Å². The van der Waals surface area contributed by atoms with Crippen LogP contribution in [0.1, 0.15) is 0 Å². The molecule has 0 aliphatic heterocycles. The molecule has 0 heterocycles. The molecule has 0 saturated heterocycles. The molecule has 104 valence electrons. The van der Waals surface area contributed by atoms with Crippen LogP contribution in [0.5, 0.6) is 0 Å². The van der Waals surface area contributed by atoms with Crippen molar-refractivity contribution in [2.75, 3.05) is 54.5 Å². The highest BCUT2D eigenvalue weighted by Gasteiger charge is 2.23. The summed E-state index contributed by atoms with van der Waals surface area (Å²) in [5, 5.41) is 17.8. The monoisotopic (exact) mass is 273 g/mol. The van der Waals surface area contributed by atoms with Gasteiger partial charge >= 0.3 is 7.82 Å². The summed E-state index contributed by atoms with van der Waals surface area (Å²) in [7, 11) is 0.855. The molecule has 17 heavy (non-hydrogen) atoms. The molecular weight excluding hydrogens is 251 g/mol. The average molecular weight is 273 g/mol. The van der Waals surface area contributed by atoms with Crippen molar-refractivity contribution in [2.45, 2.75) is 0 Å². The molecule has 0 spiro atoms. The summed E-state index contributed by atoms with van der Waals surface area (Å²) in [6, 6.07) is 0. The summed E-state index contributed by atoms with van der Waals surface area (Å²) in [6.07, 6.45) is 0. The van der Waals surface area contributed by atoms with Crippen LogP contribution in [0.25, 0.3) is 0 Å². The zero-order valence-corrected chi connectivity index (χ0v) is 11.3. The molecule has 0 fully saturated rings. The summed E-state index contributed by atoms with van der Waals surface area (Å²) >= 11 is 0. The van der Waals surface area contributed by atoms with Gasteiger partial charge in [-0.05, 0) is 0 Å². The van der Waals surface area contributed by atoms with E-state index >= 15 is 0 Å². The maximum atomic E-state index is 11.0. The third-order valence-corrected chi connectivity index (χ3v) is 3.13. The molecule has 1 unspecified atom stereocenters. The Kier molecular flexibility index (Phi) is 7.38. The summed E-state index contributed by atoms with van der Waals surface area (Å²) in [5.74, 6) is 0. The molecule has 0 aromatic carbocycles. The van der Waals surface area contributed by atoms with Crippen molar-refractivity contribution in [3.63, 3.8) is 0 Å². The van der Waals surface area contributed by atoms with Crippen LogP contribution in [0.15, 0.2) is 0 Å².